The second-order valence-corrected chi connectivity index (χ2v) is 3.76. The third-order valence-electron chi connectivity index (χ3n) is 2.04. The summed E-state index contributed by atoms with van der Waals surface area (Å²) in [7, 11) is 0. The summed E-state index contributed by atoms with van der Waals surface area (Å²) >= 11 is 4.03. The van der Waals surface area contributed by atoms with Gasteiger partial charge in [-0.3, -0.25) is 4.57 Å². The lowest BCUT2D eigenvalue weighted by Gasteiger charge is -2.09. The normalized spacial score (nSPS) is 10.6. The predicted octanol–water partition coefficient (Wildman–Crippen LogP) is 0.807. The van der Waals surface area contributed by atoms with Crippen molar-refractivity contribution in [2.75, 3.05) is 19.0 Å². The van der Waals surface area contributed by atoms with Crippen LogP contribution in [-0.4, -0.2) is 28.5 Å². The molecule has 0 aliphatic carbocycles. The number of thiol groups is 1. The number of nitrogens with zero attached hydrogens (tertiary/aromatic N) is 2. The van der Waals surface area contributed by atoms with Crippen LogP contribution in [0.1, 0.15) is 11.4 Å². The van der Waals surface area contributed by atoms with Gasteiger partial charge in [-0.1, -0.05) is 0 Å². The van der Waals surface area contributed by atoms with E-state index in [-0.39, 0.29) is 5.69 Å². The van der Waals surface area contributed by atoms with Crippen LogP contribution in [0.3, 0.4) is 0 Å². The highest BCUT2D eigenvalue weighted by Gasteiger charge is 2.01. The lowest BCUT2D eigenvalue weighted by molar-refractivity contribution is 0.140. The van der Waals surface area contributed by atoms with E-state index in [2.05, 4.69) is 17.6 Å². The summed E-state index contributed by atoms with van der Waals surface area (Å²) in [6.07, 6.45) is 0. The van der Waals surface area contributed by atoms with E-state index < -0.39 is 0 Å². The van der Waals surface area contributed by atoms with Crippen molar-refractivity contribution in [3.8, 4) is 0 Å². The number of ether oxygens (including phenoxy) is 1. The zero-order valence-electron chi connectivity index (χ0n) is 9.06. The summed E-state index contributed by atoms with van der Waals surface area (Å²) in [4.78, 5) is 15.4. The van der Waals surface area contributed by atoms with E-state index in [1.807, 2.05) is 19.9 Å². The Labute approximate surface area is 94.7 Å². The number of aromatic nitrogens is 2. The Morgan fingerprint density at radius 2 is 2.20 bits per heavy atom. The van der Waals surface area contributed by atoms with E-state index in [9.17, 15) is 4.79 Å². The van der Waals surface area contributed by atoms with Gasteiger partial charge in [0, 0.05) is 17.1 Å². The molecule has 0 aliphatic heterocycles. The summed E-state index contributed by atoms with van der Waals surface area (Å²) in [5.74, 6) is 0.694. The fourth-order valence-corrected chi connectivity index (χ4v) is 1.50. The fourth-order valence-electron chi connectivity index (χ4n) is 1.37. The number of hydrogen-bond acceptors (Lipinski definition) is 4. The molecule has 84 valence electrons. The zero-order valence-corrected chi connectivity index (χ0v) is 9.96. The maximum Gasteiger partial charge on any atom is 0.348 e. The third-order valence-corrected chi connectivity index (χ3v) is 2.22. The van der Waals surface area contributed by atoms with Crippen LogP contribution in [0.4, 0.5) is 0 Å². The van der Waals surface area contributed by atoms with Crippen molar-refractivity contribution in [2.24, 2.45) is 0 Å². The van der Waals surface area contributed by atoms with Gasteiger partial charge in [0.15, 0.2) is 0 Å². The fraction of sp³-hybridized carbons (Fsp3) is 0.600. The average molecular weight is 228 g/mol. The molecule has 0 radical (unpaired) electrons. The quantitative estimate of drug-likeness (QED) is 0.599. The van der Waals surface area contributed by atoms with Crippen molar-refractivity contribution in [1.29, 1.82) is 0 Å². The first kappa shape index (κ1) is 12.3. The van der Waals surface area contributed by atoms with Gasteiger partial charge in [-0.25, -0.2) is 4.79 Å². The van der Waals surface area contributed by atoms with E-state index in [4.69, 9.17) is 4.74 Å². The molecule has 0 saturated heterocycles. The summed E-state index contributed by atoms with van der Waals surface area (Å²) in [6.45, 7) is 5.39. The summed E-state index contributed by atoms with van der Waals surface area (Å²) in [5.41, 5.74) is 1.47. The van der Waals surface area contributed by atoms with E-state index in [1.54, 1.807) is 4.57 Å². The van der Waals surface area contributed by atoms with Crippen molar-refractivity contribution >= 4 is 12.6 Å². The van der Waals surface area contributed by atoms with Crippen molar-refractivity contribution in [3.05, 3.63) is 27.9 Å². The maximum atomic E-state index is 11.5. The molecular weight excluding hydrogens is 212 g/mol. The van der Waals surface area contributed by atoms with Gasteiger partial charge in [0.2, 0.25) is 0 Å². The lowest BCUT2D eigenvalue weighted by atomic mass is 10.3. The zero-order chi connectivity index (χ0) is 11.3. The van der Waals surface area contributed by atoms with E-state index in [1.165, 1.54) is 0 Å². The van der Waals surface area contributed by atoms with Crippen molar-refractivity contribution in [2.45, 2.75) is 20.4 Å². The Hall–Kier alpha value is -0.810. The standard InChI is InChI=1S/C10H16N2O2S/c1-8-7-9(2)12(10(13)11-8)3-4-14-5-6-15/h7,15H,3-6H2,1-2H3. The smallest absolute Gasteiger partial charge is 0.348 e. The van der Waals surface area contributed by atoms with Gasteiger partial charge in [0.1, 0.15) is 0 Å². The first-order valence-corrected chi connectivity index (χ1v) is 5.52. The molecule has 0 aliphatic rings. The highest BCUT2D eigenvalue weighted by molar-refractivity contribution is 7.80. The Bertz CT molecular complexity index is 376. The van der Waals surface area contributed by atoms with Crippen LogP contribution >= 0.6 is 12.6 Å². The van der Waals surface area contributed by atoms with Crippen LogP contribution in [0.25, 0.3) is 0 Å². The van der Waals surface area contributed by atoms with Crippen LogP contribution in [0.15, 0.2) is 10.9 Å². The molecule has 0 amide bonds. The summed E-state index contributed by atoms with van der Waals surface area (Å²) < 4.78 is 6.88. The van der Waals surface area contributed by atoms with Gasteiger partial charge < -0.3 is 4.74 Å². The van der Waals surface area contributed by atoms with Gasteiger partial charge in [0.25, 0.3) is 0 Å². The molecule has 0 spiro atoms. The van der Waals surface area contributed by atoms with Crippen LogP contribution in [0, 0.1) is 13.8 Å². The van der Waals surface area contributed by atoms with Crippen LogP contribution in [-0.2, 0) is 11.3 Å². The number of aryl methyl sites for hydroxylation is 2. The molecule has 1 aromatic heterocycles. The van der Waals surface area contributed by atoms with Gasteiger partial charge in [-0.05, 0) is 19.9 Å². The molecule has 5 heteroatoms. The van der Waals surface area contributed by atoms with Gasteiger partial charge in [-0.2, -0.15) is 17.6 Å². The van der Waals surface area contributed by atoms with Gasteiger partial charge in [-0.15, -0.1) is 0 Å². The second-order valence-electron chi connectivity index (χ2n) is 3.31. The maximum absolute atomic E-state index is 11.5. The Morgan fingerprint density at radius 3 is 2.80 bits per heavy atom. The molecule has 4 nitrogen and oxygen atoms in total. The summed E-state index contributed by atoms with van der Waals surface area (Å²) in [6, 6.07) is 1.89. The summed E-state index contributed by atoms with van der Waals surface area (Å²) in [5, 5.41) is 0. The molecule has 1 aromatic rings. The molecule has 0 saturated carbocycles. The van der Waals surface area contributed by atoms with E-state index in [0.717, 1.165) is 11.4 Å². The highest BCUT2D eigenvalue weighted by Crippen LogP contribution is 1.96. The molecule has 0 atom stereocenters. The molecule has 0 aromatic carbocycles. The van der Waals surface area contributed by atoms with Crippen LogP contribution in [0.5, 0.6) is 0 Å². The highest BCUT2D eigenvalue weighted by atomic mass is 32.1. The number of hydrogen-bond donors (Lipinski definition) is 1. The average Bonchev–Trinajstić information content (AvgIpc) is 2.15. The first-order valence-electron chi connectivity index (χ1n) is 4.89. The lowest BCUT2D eigenvalue weighted by Crippen LogP contribution is -2.27. The Morgan fingerprint density at radius 1 is 1.47 bits per heavy atom. The van der Waals surface area contributed by atoms with Crippen LogP contribution < -0.4 is 5.69 Å². The minimum atomic E-state index is -0.207. The SMILES string of the molecule is Cc1cc(C)n(CCOCCS)c(=O)n1. The Kier molecular flexibility index (Phi) is 4.84. The van der Waals surface area contributed by atoms with E-state index >= 15 is 0 Å². The molecule has 0 N–H and O–H groups in total. The first-order chi connectivity index (χ1) is 7.15. The molecule has 1 heterocycles. The molecule has 15 heavy (non-hydrogen) atoms. The van der Waals surface area contributed by atoms with Crippen LogP contribution in [0.2, 0.25) is 0 Å². The monoisotopic (exact) mass is 228 g/mol. The molecule has 1 rings (SSSR count). The van der Waals surface area contributed by atoms with Gasteiger partial charge >= 0.3 is 5.69 Å². The second kappa shape index (κ2) is 5.92. The van der Waals surface area contributed by atoms with E-state index in [0.29, 0.717) is 25.5 Å². The molecular formula is C10H16N2O2S. The largest absolute Gasteiger partial charge is 0.379 e. The Balaban J connectivity index is 2.65. The molecule has 0 fully saturated rings. The van der Waals surface area contributed by atoms with Crippen molar-refractivity contribution in [3.63, 3.8) is 0 Å². The third kappa shape index (κ3) is 3.68. The predicted molar refractivity (Wildman–Crippen MR) is 62.6 cm³/mol. The minimum absolute atomic E-state index is 0.207. The molecule has 0 bridgehead atoms. The van der Waals surface area contributed by atoms with Crippen molar-refractivity contribution < 1.29 is 4.74 Å². The minimum Gasteiger partial charge on any atom is -0.379 e. The molecule has 0 unspecified atom stereocenters. The van der Waals surface area contributed by atoms with Gasteiger partial charge in [0.05, 0.1) is 19.8 Å². The topological polar surface area (TPSA) is 44.1 Å². The number of rotatable bonds is 5. The van der Waals surface area contributed by atoms with Crippen molar-refractivity contribution in [1.82, 2.24) is 9.55 Å².